The Morgan fingerprint density at radius 2 is 2.07 bits per heavy atom. The lowest BCUT2D eigenvalue weighted by Crippen LogP contribution is -2.22. The third-order valence-electron chi connectivity index (χ3n) is 4.47. The molecule has 0 spiro atoms. The molecule has 3 heterocycles. The van der Waals surface area contributed by atoms with Crippen LogP contribution in [0.25, 0.3) is 10.2 Å². The molecule has 0 saturated carbocycles. The van der Waals surface area contributed by atoms with E-state index in [-0.39, 0.29) is 24.8 Å². The quantitative estimate of drug-likeness (QED) is 0.617. The average Bonchev–Trinajstić information content (AvgIpc) is 3.03. The van der Waals surface area contributed by atoms with Crippen molar-refractivity contribution in [2.45, 2.75) is 26.3 Å². The number of rotatable bonds is 6. The molecule has 0 atom stereocenters. The van der Waals surface area contributed by atoms with E-state index in [0.717, 1.165) is 48.9 Å². The van der Waals surface area contributed by atoms with Crippen molar-refractivity contribution in [1.29, 1.82) is 0 Å². The number of nitrogens with zero attached hydrogens (tertiary/aromatic N) is 2. The minimum absolute atomic E-state index is 0. The van der Waals surface area contributed by atoms with Crippen molar-refractivity contribution < 1.29 is 4.74 Å². The Hall–Kier alpha value is -1.60. The molecule has 27 heavy (non-hydrogen) atoms. The zero-order chi connectivity index (χ0) is 17.1. The van der Waals surface area contributed by atoms with Crippen molar-refractivity contribution >= 4 is 52.2 Å². The molecule has 2 N–H and O–H groups in total. The summed E-state index contributed by atoms with van der Waals surface area (Å²) in [5.74, 6) is 1.93. The molecule has 1 aromatic carbocycles. The number of benzene rings is 1. The Balaban J connectivity index is 0.00000131. The van der Waals surface area contributed by atoms with Gasteiger partial charge < -0.3 is 15.4 Å². The van der Waals surface area contributed by atoms with Crippen LogP contribution in [0.2, 0.25) is 0 Å². The second-order valence-electron chi connectivity index (χ2n) is 6.05. The summed E-state index contributed by atoms with van der Waals surface area (Å²) >= 11 is 1.78. The molecule has 146 valence electrons. The van der Waals surface area contributed by atoms with Crippen molar-refractivity contribution in [3.63, 3.8) is 0 Å². The van der Waals surface area contributed by atoms with Crippen LogP contribution in [0.15, 0.2) is 30.6 Å². The number of thiophene rings is 1. The summed E-state index contributed by atoms with van der Waals surface area (Å²) < 4.78 is 5.71. The van der Waals surface area contributed by atoms with E-state index in [1.807, 2.05) is 19.1 Å². The molecular weight excluding hydrogens is 403 g/mol. The molecule has 0 radical (unpaired) electrons. The fourth-order valence-electron chi connectivity index (χ4n) is 3.32. The maximum absolute atomic E-state index is 5.71. The van der Waals surface area contributed by atoms with Crippen LogP contribution in [0.5, 0.6) is 5.75 Å². The number of anilines is 1. The lowest BCUT2D eigenvalue weighted by molar-refractivity contribution is 0.336. The number of fused-ring (bicyclic) bond motifs is 3. The van der Waals surface area contributed by atoms with Gasteiger partial charge in [0.1, 0.15) is 22.7 Å². The van der Waals surface area contributed by atoms with Crippen molar-refractivity contribution in [1.82, 2.24) is 15.3 Å². The molecule has 0 aliphatic carbocycles. The van der Waals surface area contributed by atoms with Gasteiger partial charge in [-0.3, -0.25) is 0 Å². The van der Waals surface area contributed by atoms with Gasteiger partial charge in [0.2, 0.25) is 0 Å². The van der Waals surface area contributed by atoms with Crippen molar-refractivity contribution in [3.8, 4) is 5.75 Å². The second-order valence-corrected chi connectivity index (χ2v) is 7.13. The standard InChI is InChI=1S/C19H22N4OS.2ClH/c1-2-24-15-6-4-3-5-13(15)7-10-21-18-17-14-8-9-20-11-16(14)25-19(17)23-12-22-18;;/h3-6,12,20H,2,7-11H2,1H3,(H,21,22,23);2*1H. The lowest BCUT2D eigenvalue weighted by atomic mass is 10.1. The van der Waals surface area contributed by atoms with Crippen LogP contribution in [0.3, 0.4) is 0 Å². The van der Waals surface area contributed by atoms with Gasteiger partial charge in [0.15, 0.2) is 0 Å². The highest BCUT2D eigenvalue weighted by Gasteiger charge is 2.19. The van der Waals surface area contributed by atoms with Crippen molar-refractivity contribution in [3.05, 3.63) is 46.6 Å². The van der Waals surface area contributed by atoms with E-state index in [1.165, 1.54) is 21.4 Å². The molecule has 4 rings (SSSR count). The number of hydrogen-bond acceptors (Lipinski definition) is 6. The van der Waals surface area contributed by atoms with Crippen LogP contribution >= 0.6 is 36.2 Å². The molecule has 0 amide bonds. The minimum atomic E-state index is 0. The lowest BCUT2D eigenvalue weighted by Gasteiger charge is -2.14. The first kappa shape index (κ1) is 21.7. The minimum Gasteiger partial charge on any atom is -0.494 e. The molecule has 8 heteroatoms. The van der Waals surface area contributed by atoms with Crippen LogP contribution < -0.4 is 15.4 Å². The number of hydrogen-bond donors (Lipinski definition) is 2. The van der Waals surface area contributed by atoms with Gasteiger partial charge in [0.05, 0.1) is 12.0 Å². The highest BCUT2D eigenvalue weighted by molar-refractivity contribution is 7.18. The molecule has 3 aromatic rings. The zero-order valence-corrected chi connectivity index (χ0v) is 17.6. The van der Waals surface area contributed by atoms with Gasteiger partial charge in [-0.05, 0) is 43.5 Å². The molecule has 2 aromatic heterocycles. The monoisotopic (exact) mass is 426 g/mol. The Morgan fingerprint density at radius 1 is 1.22 bits per heavy atom. The summed E-state index contributed by atoms with van der Waals surface area (Å²) in [6.07, 6.45) is 3.61. The summed E-state index contributed by atoms with van der Waals surface area (Å²) in [6.45, 7) is 5.48. The number of ether oxygens (including phenoxy) is 1. The van der Waals surface area contributed by atoms with E-state index in [4.69, 9.17) is 4.74 Å². The third kappa shape index (κ3) is 4.63. The Labute approximate surface area is 175 Å². The molecule has 0 bridgehead atoms. The first-order valence-electron chi connectivity index (χ1n) is 8.77. The van der Waals surface area contributed by atoms with Gasteiger partial charge in [0, 0.05) is 18.0 Å². The van der Waals surface area contributed by atoms with E-state index in [1.54, 1.807) is 17.7 Å². The summed E-state index contributed by atoms with van der Waals surface area (Å²) in [7, 11) is 0. The molecule has 0 saturated heterocycles. The molecule has 1 aliphatic heterocycles. The fraction of sp³-hybridized carbons (Fsp3) is 0.368. The summed E-state index contributed by atoms with van der Waals surface area (Å²) in [5, 5.41) is 8.16. The van der Waals surface area contributed by atoms with Crippen LogP contribution in [0, 0.1) is 0 Å². The molecular formula is C19H24Cl2N4OS. The third-order valence-corrected chi connectivity index (χ3v) is 5.61. The normalized spacial score (nSPS) is 12.6. The zero-order valence-electron chi connectivity index (χ0n) is 15.2. The maximum atomic E-state index is 5.71. The number of halogens is 2. The summed E-state index contributed by atoms with van der Waals surface area (Å²) in [6, 6.07) is 8.23. The van der Waals surface area contributed by atoms with E-state index >= 15 is 0 Å². The maximum Gasteiger partial charge on any atom is 0.138 e. The highest BCUT2D eigenvalue weighted by atomic mass is 35.5. The first-order chi connectivity index (χ1) is 12.4. The van der Waals surface area contributed by atoms with E-state index < -0.39 is 0 Å². The summed E-state index contributed by atoms with van der Waals surface area (Å²) in [5.41, 5.74) is 2.63. The smallest absolute Gasteiger partial charge is 0.138 e. The SMILES string of the molecule is CCOc1ccccc1CCNc1ncnc2sc3c(c12)CCNC3.Cl.Cl. The van der Waals surface area contributed by atoms with E-state index in [0.29, 0.717) is 6.61 Å². The van der Waals surface area contributed by atoms with Gasteiger partial charge in [0.25, 0.3) is 0 Å². The predicted octanol–water partition coefficient (Wildman–Crippen LogP) is 4.23. The molecule has 0 unspecified atom stereocenters. The molecule has 0 fully saturated rings. The van der Waals surface area contributed by atoms with Gasteiger partial charge in [-0.25, -0.2) is 9.97 Å². The van der Waals surface area contributed by atoms with Gasteiger partial charge in [-0.1, -0.05) is 18.2 Å². The van der Waals surface area contributed by atoms with Crippen LogP contribution in [0.1, 0.15) is 22.9 Å². The van der Waals surface area contributed by atoms with Crippen LogP contribution in [-0.4, -0.2) is 29.7 Å². The summed E-state index contributed by atoms with van der Waals surface area (Å²) in [4.78, 5) is 11.5. The molecule has 5 nitrogen and oxygen atoms in total. The van der Waals surface area contributed by atoms with Gasteiger partial charge >= 0.3 is 0 Å². The van der Waals surface area contributed by atoms with Gasteiger partial charge in [-0.15, -0.1) is 36.2 Å². The average molecular weight is 427 g/mol. The number of nitrogens with one attached hydrogen (secondary N) is 2. The first-order valence-corrected chi connectivity index (χ1v) is 9.59. The van der Waals surface area contributed by atoms with Crippen molar-refractivity contribution in [2.24, 2.45) is 0 Å². The Morgan fingerprint density at radius 3 is 2.93 bits per heavy atom. The Bertz CT molecular complexity index is 887. The molecule has 1 aliphatic rings. The predicted molar refractivity (Wildman–Crippen MR) is 117 cm³/mol. The van der Waals surface area contributed by atoms with E-state index in [2.05, 4.69) is 32.7 Å². The number of aromatic nitrogens is 2. The second kappa shape index (κ2) is 10.1. The largest absolute Gasteiger partial charge is 0.494 e. The van der Waals surface area contributed by atoms with Crippen LogP contribution in [-0.2, 0) is 19.4 Å². The number of para-hydroxylation sites is 1. The highest BCUT2D eigenvalue weighted by Crippen LogP contribution is 2.35. The fourth-order valence-corrected chi connectivity index (χ4v) is 4.47. The van der Waals surface area contributed by atoms with Gasteiger partial charge in [-0.2, -0.15) is 0 Å². The topological polar surface area (TPSA) is 59.1 Å². The van der Waals surface area contributed by atoms with Crippen LogP contribution in [0.4, 0.5) is 5.82 Å². The Kier molecular flexibility index (Phi) is 8.10. The van der Waals surface area contributed by atoms with E-state index in [9.17, 15) is 0 Å². The van der Waals surface area contributed by atoms with Crippen molar-refractivity contribution in [2.75, 3.05) is 25.0 Å².